The van der Waals surface area contributed by atoms with Crippen molar-refractivity contribution in [3.05, 3.63) is 60.2 Å². The van der Waals surface area contributed by atoms with Crippen molar-refractivity contribution in [1.29, 1.82) is 0 Å². The van der Waals surface area contributed by atoms with Gasteiger partial charge in [-0.3, -0.25) is 19.0 Å². The van der Waals surface area contributed by atoms with Gasteiger partial charge in [0.1, 0.15) is 11.6 Å². The van der Waals surface area contributed by atoms with Crippen molar-refractivity contribution >= 4 is 40.9 Å². The first kappa shape index (κ1) is 24.4. The summed E-state index contributed by atoms with van der Waals surface area (Å²) in [7, 11) is 0. The molecule has 1 saturated carbocycles. The molecule has 35 heavy (non-hydrogen) atoms. The van der Waals surface area contributed by atoms with Crippen molar-refractivity contribution in [3.63, 3.8) is 0 Å². The van der Waals surface area contributed by atoms with Crippen molar-refractivity contribution in [2.45, 2.75) is 37.3 Å². The zero-order valence-electron chi connectivity index (χ0n) is 19.1. The number of primary amides is 1. The van der Waals surface area contributed by atoms with Crippen LogP contribution < -0.4 is 16.0 Å². The van der Waals surface area contributed by atoms with Gasteiger partial charge in [0.2, 0.25) is 17.7 Å². The first-order chi connectivity index (χ1) is 16.8. The van der Waals surface area contributed by atoms with Gasteiger partial charge in [0.25, 0.3) is 0 Å². The lowest BCUT2D eigenvalue weighted by Gasteiger charge is -2.22. The van der Waals surface area contributed by atoms with Crippen LogP contribution in [0.25, 0.3) is 5.69 Å². The summed E-state index contributed by atoms with van der Waals surface area (Å²) >= 11 is 1.22. The van der Waals surface area contributed by atoms with E-state index in [1.807, 2.05) is 22.8 Å². The van der Waals surface area contributed by atoms with E-state index < -0.39 is 11.7 Å². The number of benzene rings is 2. The molecule has 182 valence electrons. The maximum Gasteiger partial charge on any atom is 0.237 e. The lowest BCUT2D eigenvalue weighted by Crippen LogP contribution is -2.35. The second-order valence-corrected chi connectivity index (χ2v) is 9.15. The third-order valence-corrected chi connectivity index (χ3v) is 6.29. The standard InChI is InChI=1S/C24H25FN6O3S/c1-15(32)27-18-3-2-4-20(13-18)31-23(16-5-6-16)28-29-24(31)35-14-22(34)30(12-11-21(26)33)19-9-7-17(25)8-10-19/h2-4,7-10,13,16H,5-6,11-12,14H2,1H3,(H2,26,33)(H,27,32). The molecular formula is C24H25FN6O3S. The minimum atomic E-state index is -0.537. The molecule has 1 aliphatic rings. The molecule has 0 spiro atoms. The van der Waals surface area contributed by atoms with E-state index in [1.54, 1.807) is 6.07 Å². The summed E-state index contributed by atoms with van der Waals surface area (Å²) in [5, 5.41) is 12.0. The number of carbonyl (C=O) groups excluding carboxylic acids is 3. The quantitative estimate of drug-likeness (QED) is 0.416. The fraction of sp³-hybridized carbons (Fsp3) is 0.292. The molecule has 0 aliphatic heterocycles. The summed E-state index contributed by atoms with van der Waals surface area (Å²) in [6.45, 7) is 1.53. The van der Waals surface area contributed by atoms with Gasteiger partial charge >= 0.3 is 0 Å². The monoisotopic (exact) mass is 496 g/mol. The number of hydrogen-bond acceptors (Lipinski definition) is 6. The van der Waals surface area contributed by atoms with Crippen LogP contribution >= 0.6 is 11.8 Å². The van der Waals surface area contributed by atoms with Gasteiger partial charge in [-0.25, -0.2) is 4.39 Å². The average Bonchev–Trinajstić information content (AvgIpc) is 3.57. The molecule has 4 rings (SSSR count). The molecular weight excluding hydrogens is 471 g/mol. The highest BCUT2D eigenvalue weighted by Crippen LogP contribution is 2.41. The minimum absolute atomic E-state index is 0.0182. The van der Waals surface area contributed by atoms with Crippen LogP contribution in [-0.2, 0) is 14.4 Å². The van der Waals surface area contributed by atoms with Gasteiger partial charge in [0, 0.05) is 37.2 Å². The number of nitrogens with two attached hydrogens (primary N) is 1. The number of nitrogens with zero attached hydrogens (tertiary/aromatic N) is 4. The molecule has 0 unspecified atom stereocenters. The van der Waals surface area contributed by atoms with Gasteiger partial charge in [0.05, 0.1) is 11.4 Å². The van der Waals surface area contributed by atoms with E-state index in [4.69, 9.17) is 5.73 Å². The highest BCUT2D eigenvalue weighted by Gasteiger charge is 2.31. The van der Waals surface area contributed by atoms with Crippen LogP contribution in [0.1, 0.15) is 37.9 Å². The zero-order chi connectivity index (χ0) is 24.9. The van der Waals surface area contributed by atoms with Crippen LogP contribution in [-0.4, -0.2) is 44.8 Å². The van der Waals surface area contributed by atoms with Gasteiger partial charge in [0.15, 0.2) is 5.16 Å². The number of rotatable bonds is 10. The lowest BCUT2D eigenvalue weighted by molar-refractivity contribution is -0.118. The predicted molar refractivity (Wildman–Crippen MR) is 131 cm³/mol. The zero-order valence-corrected chi connectivity index (χ0v) is 19.9. The van der Waals surface area contributed by atoms with Crippen LogP contribution in [0.3, 0.4) is 0 Å². The van der Waals surface area contributed by atoms with Crippen LogP contribution in [0.4, 0.5) is 15.8 Å². The molecule has 1 aliphatic carbocycles. The van der Waals surface area contributed by atoms with E-state index >= 15 is 0 Å². The molecule has 11 heteroatoms. The molecule has 1 fully saturated rings. The number of amides is 3. The molecule has 9 nitrogen and oxygen atoms in total. The van der Waals surface area contributed by atoms with Gasteiger partial charge < -0.3 is 16.0 Å². The number of hydrogen-bond donors (Lipinski definition) is 2. The normalized spacial score (nSPS) is 12.9. The van der Waals surface area contributed by atoms with E-state index in [0.717, 1.165) is 24.4 Å². The molecule has 3 N–H and O–H groups in total. The van der Waals surface area contributed by atoms with Crippen molar-refractivity contribution in [1.82, 2.24) is 14.8 Å². The maximum atomic E-state index is 13.4. The molecule has 2 aromatic carbocycles. The van der Waals surface area contributed by atoms with Gasteiger partial charge in [-0.2, -0.15) is 0 Å². The Morgan fingerprint density at radius 1 is 1.17 bits per heavy atom. The molecule has 0 saturated heterocycles. The molecule has 0 bridgehead atoms. The fourth-order valence-corrected chi connectivity index (χ4v) is 4.43. The fourth-order valence-electron chi connectivity index (χ4n) is 3.59. The summed E-state index contributed by atoms with van der Waals surface area (Å²) in [5.74, 6) is -0.294. The first-order valence-corrected chi connectivity index (χ1v) is 12.1. The maximum absolute atomic E-state index is 13.4. The van der Waals surface area contributed by atoms with E-state index in [1.165, 1.54) is 47.9 Å². The highest BCUT2D eigenvalue weighted by atomic mass is 32.2. The molecule has 0 radical (unpaired) electrons. The number of thioether (sulfide) groups is 1. The summed E-state index contributed by atoms with van der Waals surface area (Å²) in [4.78, 5) is 37.4. The largest absolute Gasteiger partial charge is 0.370 e. The second kappa shape index (κ2) is 10.7. The topological polar surface area (TPSA) is 123 Å². The van der Waals surface area contributed by atoms with E-state index in [0.29, 0.717) is 22.4 Å². The van der Waals surface area contributed by atoms with Crippen LogP contribution in [0.2, 0.25) is 0 Å². The molecule has 1 heterocycles. The Labute approximate surface area is 205 Å². The van der Waals surface area contributed by atoms with Crippen molar-refractivity contribution in [2.75, 3.05) is 22.5 Å². The van der Waals surface area contributed by atoms with Crippen molar-refractivity contribution in [3.8, 4) is 5.69 Å². The van der Waals surface area contributed by atoms with Crippen LogP contribution in [0, 0.1) is 5.82 Å². The molecule has 1 aromatic heterocycles. The first-order valence-electron chi connectivity index (χ1n) is 11.1. The average molecular weight is 497 g/mol. The van der Waals surface area contributed by atoms with Crippen molar-refractivity contribution in [2.24, 2.45) is 5.73 Å². The van der Waals surface area contributed by atoms with Gasteiger partial charge in [-0.15, -0.1) is 10.2 Å². The summed E-state index contributed by atoms with van der Waals surface area (Å²) < 4.78 is 15.3. The number of aromatic nitrogens is 3. The van der Waals surface area contributed by atoms with Gasteiger partial charge in [-0.05, 0) is 55.3 Å². The van der Waals surface area contributed by atoms with Gasteiger partial charge in [-0.1, -0.05) is 17.8 Å². The van der Waals surface area contributed by atoms with E-state index in [2.05, 4.69) is 15.5 Å². The SMILES string of the molecule is CC(=O)Nc1cccc(-n2c(SCC(=O)N(CCC(N)=O)c3ccc(F)cc3)nnc2C2CC2)c1. The van der Waals surface area contributed by atoms with E-state index in [9.17, 15) is 18.8 Å². The summed E-state index contributed by atoms with van der Waals surface area (Å²) in [6, 6.07) is 12.8. The summed E-state index contributed by atoms with van der Waals surface area (Å²) in [6.07, 6.45) is 2.00. The Hall–Kier alpha value is -3.73. The lowest BCUT2D eigenvalue weighted by atomic mass is 10.2. The second-order valence-electron chi connectivity index (χ2n) is 8.21. The Kier molecular flexibility index (Phi) is 7.45. The molecule has 0 atom stereocenters. The third-order valence-electron chi connectivity index (χ3n) is 5.37. The Bertz CT molecular complexity index is 1240. The Morgan fingerprint density at radius 3 is 2.57 bits per heavy atom. The predicted octanol–water partition coefficient (Wildman–Crippen LogP) is 3.24. The number of halogens is 1. The Morgan fingerprint density at radius 2 is 1.91 bits per heavy atom. The van der Waals surface area contributed by atoms with E-state index in [-0.39, 0.29) is 30.5 Å². The number of carbonyl (C=O) groups is 3. The minimum Gasteiger partial charge on any atom is -0.370 e. The molecule has 3 aromatic rings. The van der Waals surface area contributed by atoms with Crippen LogP contribution in [0.5, 0.6) is 0 Å². The van der Waals surface area contributed by atoms with Crippen molar-refractivity contribution < 1.29 is 18.8 Å². The number of nitrogens with one attached hydrogen (secondary N) is 1. The highest BCUT2D eigenvalue weighted by molar-refractivity contribution is 7.99. The smallest absolute Gasteiger partial charge is 0.237 e. The summed E-state index contributed by atoms with van der Waals surface area (Å²) in [5.41, 5.74) is 7.18. The molecule has 3 amide bonds. The number of anilines is 2. The van der Waals surface area contributed by atoms with Crippen LogP contribution in [0.15, 0.2) is 53.7 Å². The third kappa shape index (κ3) is 6.24. The Balaban J connectivity index is 1.57.